The first-order valence-corrected chi connectivity index (χ1v) is 6.00. The molecule has 0 saturated heterocycles. The third kappa shape index (κ3) is 3.46. The van der Waals surface area contributed by atoms with E-state index in [1.54, 1.807) is 0 Å². The molecule has 1 N–H and O–H groups in total. The summed E-state index contributed by atoms with van der Waals surface area (Å²) in [6.07, 6.45) is 2.30. The average molecular weight is 233 g/mol. The van der Waals surface area contributed by atoms with Crippen LogP contribution < -0.4 is 5.32 Å². The van der Waals surface area contributed by atoms with Gasteiger partial charge in [0.1, 0.15) is 5.52 Å². The van der Waals surface area contributed by atoms with E-state index in [0.29, 0.717) is 6.01 Å². The largest absolute Gasteiger partial charge is 0.424 e. The molecule has 0 saturated carbocycles. The first-order chi connectivity index (χ1) is 8.25. The number of nitrogens with zero attached hydrogens (tertiary/aromatic N) is 2. The molecule has 1 aromatic heterocycles. The van der Waals surface area contributed by atoms with Gasteiger partial charge in [0.2, 0.25) is 0 Å². The van der Waals surface area contributed by atoms with Crippen molar-refractivity contribution in [3.05, 3.63) is 24.3 Å². The molecule has 1 aromatic carbocycles. The van der Waals surface area contributed by atoms with Gasteiger partial charge < -0.3 is 14.6 Å². The van der Waals surface area contributed by atoms with Gasteiger partial charge in [-0.05, 0) is 45.6 Å². The van der Waals surface area contributed by atoms with Crippen LogP contribution in [0.1, 0.15) is 12.8 Å². The lowest BCUT2D eigenvalue weighted by Crippen LogP contribution is -2.14. The van der Waals surface area contributed by atoms with Gasteiger partial charge in [0.05, 0.1) is 0 Å². The number of aromatic nitrogens is 1. The van der Waals surface area contributed by atoms with Crippen LogP contribution in [-0.4, -0.2) is 37.1 Å². The molecule has 0 aliphatic heterocycles. The molecule has 0 radical (unpaired) electrons. The van der Waals surface area contributed by atoms with Crippen molar-refractivity contribution in [3.8, 4) is 0 Å². The van der Waals surface area contributed by atoms with Crippen LogP contribution in [0.5, 0.6) is 0 Å². The van der Waals surface area contributed by atoms with Gasteiger partial charge in [0.25, 0.3) is 6.01 Å². The number of oxazole rings is 1. The number of nitrogens with one attached hydrogen (secondary N) is 1. The Morgan fingerprint density at radius 1 is 1.24 bits per heavy atom. The third-order valence-electron chi connectivity index (χ3n) is 2.60. The Morgan fingerprint density at radius 3 is 2.82 bits per heavy atom. The average Bonchev–Trinajstić information content (AvgIpc) is 2.70. The zero-order valence-corrected chi connectivity index (χ0v) is 10.4. The molecule has 2 rings (SSSR count). The van der Waals surface area contributed by atoms with E-state index >= 15 is 0 Å². The fraction of sp³-hybridized carbons (Fsp3) is 0.462. The van der Waals surface area contributed by atoms with Crippen LogP contribution in [0, 0.1) is 0 Å². The van der Waals surface area contributed by atoms with Crippen molar-refractivity contribution in [2.45, 2.75) is 12.8 Å². The second-order valence-corrected chi connectivity index (χ2v) is 4.42. The number of para-hydroxylation sites is 2. The molecule has 2 aromatic rings. The van der Waals surface area contributed by atoms with Crippen molar-refractivity contribution in [1.82, 2.24) is 9.88 Å². The molecule has 17 heavy (non-hydrogen) atoms. The predicted octanol–water partition coefficient (Wildman–Crippen LogP) is 2.58. The van der Waals surface area contributed by atoms with Crippen LogP contribution in [-0.2, 0) is 0 Å². The van der Waals surface area contributed by atoms with Gasteiger partial charge in [0.15, 0.2) is 5.58 Å². The van der Waals surface area contributed by atoms with Crippen LogP contribution in [0.2, 0.25) is 0 Å². The second kappa shape index (κ2) is 5.68. The monoisotopic (exact) mass is 233 g/mol. The zero-order chi connectivity index (χ0) is 12.1. The highest BCUT2D eigenvalue weighted by atomic mass is 16.4. The minimum Gasteiger partial charge on any atom is -0.424 e. The Labute approximate surface area is 102 Å². The second-order valence-electron chi connectivity index (χ2n) is 4.42. The summed E-state index contributed by atoms with van der Waals surface area (Å²) < 4.78 is 5.56. The summed E-state index contributed by atoms with van der Waals surface area (Å²) in [6, 6.07) is 8.42. The van der Waals surface area contributed by atoms with E-state index in [-0.39, 0.29) is 0 Å². The first-order valence-electron chi connectivity index (χ1n) is 6.00. The van der Waals surface area contributed by atoms with Gasteiger partial charge >= 0.3 is 0 Å². The quantitative estimate of drug-likeness (QED) is 0.779. The van der Waals surface area contributed by atoms with Crippen LogP contribution in [0.25, 0.3) is 11.1 Å². The molecule has 0 bridgehead atoms. The van der Waals surface area contributed by atoms with Gasteiger partial charge in [-0.15, -0.1) is 0 Å². The number of fused-ring (bicyclic) bond motifs is 1. The van der Waals surface area contributed by atoms with Gasteiger partial charge in [-0.25, -0.2) is 0 Å². The molecular formula is C13H19N3O. The molecule has 92 valence electrons. The van der Waals surface area contributed by atoms with E-state index in [2.05, 4.69) is 29.3 Å². The van der Waals surface area contributed by atoms with Gasteiger partial charge in [-0.2, -0.15) is 4.98 Å². The minimum atomic E-state index is 0.621. The van der Waals surface area contributed by atoms with E-state index in [0.717, 1.165) is 30.6 Å². The number of anilines is 1. The number of hydrogen-bond donors (Lipinski definition) is 1. The van der Waals surface area contributed by atoms with Gasteiger partial charge in [0, 0.05) is 6.54 Å². The van der Waals surface area contributed by atoms with Crippen LogP contribution in [0.4, 0.5) is 6.01 Å². The molecule has 0 amide bonds. The van der Waals surface area contributed by atoms with Crippen molar-refractivity contribution < 1.29 is 4.42 Å². The minimum absolute atomic E-state index is 0.621. The molecule has 0 unspecified atom stereocenters. The van der Waals surface area contributed by atoms with Crippen molar-refractivity contribution in [1.29, 1.82) is 0 Å². The van der Waals surface area contributed by atoms with E-state index < -0.39 is 0 Å². The Hall–Kier alpha value is -1.55. The summed E-state index contributed by atoms with van der Waals surface area (Å²) >= 11 is 0. The third-order valence-corrected chi connectivity index (χ3v) is 2.60. The fourth-order valence-electron chi connectivity index (χ4n) is 1.70. The topological polar surface area (TPSA) is 41.3 Å². The summed E-state index contributed by atoms with van der Waals surface area (Å²) in [6.45, 7) is 2.02. The highest BCUT2D eigenvalue weighted by Gasteiger charge is 2.03. The van der Waals surface area contributed by atoms with Crippen molar-refractivity contribution in [2.75, 3.05) is 32.5 Å². The van der Waals surface area contributed by atoms with Crippen molar-refractivity contribution >= 4 is 17.1 Å². The van der Waals surface area contributed by atoms with Gasteiger partial charge in [-0.1, -0.05) is 12.1 Å². The molecular weight excluding hydrogens is 214 g/mol. The normalized spacial score (nSPS) is 11.2. The van der Waals surface area contributed by atoms with Gasteiger partial charge in [-0.3, -0.25) is 0 Å². The maximum atomic E-state index is 5.56. The SMILES string of the molecule is CN(C)CCCCNc1nc2ccccc2o1. The Bertz CT molecular complexity index is 431. The predicted molar refractivity (Wildman–Crippen MR) is 70.3 cm³/mol. The van der Waals surface area contributed by atoms with Crippen LogP contribution >= 0.6 is 0 Å². The maximum absolute atomic E-state index is 5.56. The molecule has 0 aliphatic rings. The van der Waals surface area contributed by atoms with E-state index in [1.165, 1.54) is 6.42 Å². The summed E-state index contributed by atoms with van der Waals surface area (Å²) in [5, 5.41) is 3.21. The Balaban J connectivity index is 1.79. The molecule has 4 nitrogen and oxygen atoms in total. The lowest BCUT2D eigenvalue weighted by atomic mass is 10.3. The Kier molecular flexibility index (Phi) is 3.98. The first kappa shape index (κ1) is 11.9. The van der Waals surface area contributed by atoms with Crippen molar-refractivity contribution in [3.63, 3.8) is 0 Å². The van der Waals surface area contributed by atoms with E-state index in [9.17, 15) is 0 Å². The molecule has 4 heteroatoms. The fourth-order valence-corrected chi connectivity index (χ4v) is 1.70. The number of benzene rings is 1. The van der Waals surface area contributed by atoms with E-state index in [1.807, 2.05) is 24.3 Å². The summed E-state index contributed by atoms with van der Waals surface area (Å²) in [5.74, 6) is 0. The highest BCUT2D eigenvalue weighted by molar-refractivity contribution is 5.74. The lowest BCUT2D eigenvalue weighted by molar-refractivity contribution is 0.396. The van der Waals surface area contributed by atoms with E-state index in [4.69, 9.17) is 4.42 Å². The van der Waals surface area contributed by atoms with Crippen LogP contribution in [0.3, 0.4) is 0 Å². The highest BCUT2D eigenvalue weighted by Crippen LogP contribution is 2.17. The molecule has 1 heterocycles. The number of rotatable bonds is 6. The number of unbranched alkanes of at least 4 members (excludes halogenated alkanes) is 1. The van der Waals surface area contributed by atoms with Crippen molar-refractivity contribution in [2.24, 2.45) is 0 Å². The summed E-state index contributed by atoms with van der Waals surface area (Å²) in [7, 11) is 4.18. The summed E-state index contributed by atoms with van der Waals surface area (Å²) in [5.41, 5.74) is 1.74. The lowest BCUT2D eigenvalue weighted by Gasteiger charge is -2.08. The summed E-state index contributed by atoms with van der Waals surface area (Å²) in [4.78, 5) is 6.55. The molecule has 0 atom stereocenters. The maximum Gasteiger partial charge on any atom is 0.295 e. The Morgan fingerprint density at radius 2 is 2.06 bits per heavy atom. The number of hydrogen-bond acceptors (Lipinski definition) is 4. The van der Waals surface area contributed by atoms with Crippen LogP contribution in [0.15, 0.2) is 28.7 Å². The molecule has 0 fully saturated rings. The standard InChI is InChI=1S/C13H19N3O/c1-16(2)10-6-5-9-14-13-15-11-7-3-4-8-12(11)17-13/h3-4,7-8H,5-6,9-10H2,1-2H3,(H,14,15). The molecule has 0 aliphatic carbocycles. The smallest absolute Gasteiger partial charge is 0.295 e. The molecule has 0 spiro atoms. The zero-order valence-electron chi connectivity index (χ0n) is 10.4.